The first-order valence-corrected chi connectivity index (χ1v) is 24.0. The van der Waals surface area contributed by atoms with Crippen molar-refractivity contribution in [3.8, 4) is 22.6 Å². The maximum absolute atomic E-state index is 13.2. The highest BCUT2D eigenvalue weighted by Crippen LogP contribution is 2.35. The molecule has 2 aromatic rings. The molecule has 22 heteroatoms. The lowest BCUT2D eigenvalue weighted by atomic mass is 9.97. The molecule has 0 bridgehead atoms. The number of nitrogens with two attached hydrogens (primary N) is 2. The lowest BCUT2D eigenvalue weighted by molar-refractivity contribution is -0.193. The van der Waals surface area contributed by atoms with Crippen LogP contribution in [0.15, 0.2) is 61.7 Å². The lowest BCUT2D eigenvalue weighted by Gasteiger charge is -2.20. The molecule has 0 fully saturated rings. The van der Waals surface area contributed by atoms with Crippen molar-refractivity contribution in [2.24, 2.45) is 11.5 Å². The summed E-state index contributed by atoms with van der Waals surface area (Å²) in [6, 6.07) is 10.0. The maximum Gasteiger partial charge on any atom is 0.490 e. The summed E-state index contributed by atoms with van der Waals surface area (Å²) in [5, 5.41) is 25.9. The minimum absolute atomic E-state index is 0.200. The average Bonchev–Trinajstić information content (AvgIpc) is 3.32. The van der Waals surface area contributed by atoms with Gasteiger partial charge in [-0.05, 0) is 118 Å². The van der Waals surface area contributed by atoms with Gasteiger partial charge in [-0.15, -0.1) is 13.2 Å². The minimum atomic E-state index is -5.08. The number of rotatable bonds is 33. The minimum Gasteiger partial charge on any atom is -0.483 e. The van der Waals surface area contributed by atoms with Crippen LogP contribution in [0.2, 0.25) is 0 Å². The normalized spacial score (nSPS) is 11.8. The van der Waals surface area contributed by atoms with Gasteiger partial charge in [-0.2, -0.15) is 26.3 Å². The molecular formula is C50H74F6N6O10. The molecule has 0 aliphatic heterocycles. The molecule has 0 saturated carbocycles. The van der Waals surface area contributed by atoms with E-state index in [4.69, 9.17) is 40.7 Å². The fourth-order valence-corrected chi connectivity index (χ4v) is 6.48. The Hall–Kier alpha value is -6.16. The van der Waals surface area contributed by atoms with Crippen molar-refractivity contribution in [1.29, 1.82) is 0 Å². The number of unbranched alkanes of at least 4 members (excludes halogenated alkanes) is 8. The van der Waals surface area contributed by atoms with Crippen LogP contribution in [-0.4, -0.2) is 110 Å². The Labute approximate surface area is 418 Å². The number of halogens is 6. The van der Waals surface area contributed by atoms with Crippen LogP contribution in [0.25, 0.3) is 11.1 Å². The van der Waals surface area contributed by atoms with Gasteiger partial charge in [0.25, 0.3) is 11.8 Å². The highest BCUT2D eigenvalue weighted by atomic mass is 19.4. The molecule has 72 heavy (non-hydrogen) atoms. The van der Waals surface area contributed by atoms with E-state index >= 15 is 0 Å². The van der Waals surface area contributed by atoms with Crippen molar-refractivity contribution < 1.29 is 74.8 Å². The number of allylic oxidation sites excluding steroid dienone is 2. The molecule has 4 amide bonds. The number of carbonyl (C=O) groups is 6. The van der Waals surface area contributed by atoms with Gasteiger partial charge in [0.1, 0.15) is 23.6 Å². The van der Waals surface area contributed by atoms with Crippen molar-refractivity contribution in [1.82, 2.24) is 21.3 Å². The van der Waals surface area contributed by atoms with E-state index in [0.717, 1.165) is 86.5 Å². The zero-order valence-electron chi connectivity index (χ0n) is 41.3. The zero-order chi connectivity index (χ0) is 54.5. The topological polar surface area (TPSA) is 262 Å². The Morgan fingerprint density at radius 3 is 1.44 bits per heavy atom. The van der Waals surface area contributed by atoms with Gasteiger partial charge in [-0.25, -0.2) is 9.59 Å². The van der Waals surface area contributed by atoms with E-state index in [1.165, 1.54) is 0 Å². The van der Waals surface area contributed by atoms with Gasteiger partial charge in [0.15, 0.2) is 13.2 Å². The van der Waals surface area contributed by atoms with E-state index < -0.39 is 48.2 Å². The summed E-state index contributed by atoms with van der Waals surface area (Å²) in [6.45, 7) is 13.7. The van der Waals surface area contributed by atoms with Gasteiger partial charge in [0.2, 0.25) is 11.8 Å². The van der Waals surface area contributed by atoms with E-state index in [2.05, 4.69) is 48.3 Å². The highest BCUT2D eigenvalue weighted by Gasteiger charge is 2.39. The molecule has 16 nitrogen and oxygen atoms in total. The third-order valence-corrected chi connectivity index (χ3v) is 10.2. The molecule has 0 aliphatic rings. The predicted molar refractivity (Wildman–Crippen MR) is 262 cm³/mol. The number of benzene rings is 2. The molecule has 2 aromatic carbocycles. The van der Waals surface area contributed by atoms with Gasteiger partial charge >= 0.3 is 24.3 Å². The van der Waals surface area contributed by atoms with Crippen LogP contribution in [-0.2, 0) is 41.6 Å². The maximum atomic E-state index is 13.2. The molecule has 2 atom stereocenters. The number of nitrogens with one attached hydrogen (secondary N) is 4. The van der Waals surface area contributed by atoms with Crippen molar-refractivity contribution >= 4 is 35.6 Å². The summed E-state index contributed by atoms with van der Waals surface area (Å²) in [6.07, 6.45) is 6.75. The number of carboxylic acid groups (broad SMARTS) is 2. The molecule has 2 unspecified atom stereocenters. The van der Waals surface area contributed by atoms with Crippen LogP contribution in [0.1, 0.15) is 115 Å². The largest absolute Gasteiger partial charge is 0.490 e. The number of amides is 4. The zero-order valence-corrected chi connectivity index (χ0v) is 41.3. The Balaban J connectivity index is 0.00000312. The molecule has 0 aliphatic carbocycles. The van der Waals surface area contributed by atoms with Gasteiger partial charge in [-0.3, -0.25) is 19.2 Å². The SMILES string of the molecule is C=CCc1ccc(OCC(=O)NC(CCCCN)C(=O)NCCCCCC)c(-c2ccc(OCC(=O)NC(CCCCN)C(=O)NCCCCCC)c(CC=C)c2)c1.O=C(O)C(F)(F)F.O=C(O)C(F)(F)F. The number of hydrogen-bond donors (Lipinski definition) is 8. The molecule has 406 valence electrons. The van der Waals surface area contributed by atoms with Crippen LogP contribution in [0, 0.1) is 0 Å². The molecule has 0 spiro atoms. The number of carboxylic acids is 2. The van der Waals surface area contributed by atoms with E-state index in [-0.39, 0.29) is 25.0 Å². The highest BCUT2D eigenvalue weighted by molar-refractivity contribution is 5.89. The number of ether oxygens (including phenoxy) is 2. The third kappa shape index (κ3) is 29.9. The van der Waals surface area contributed by atoms with Crippen LogP contribution >= 0.6 is 0 Å². The summed E-state index contributed by atoms with van der Waals surface area (Å²) in [4.78, 5) is 70.1. The first kappa shape index (κ1) is 65.8. The van der Waals surface area contributed by atoms with Crippen molar-refractivity contribution in [2.75, 3.05) is 39.4 Å². The van der Waals surface area contributed by atoms with Crippen LogP contribution in [0.3, 0.4) is 0 Å². The molecule has 0 heterocycles. The Bertz CT molecular complexity index is 1940. The van der Waals surface area contributed by atoms with Gasteiger partial charge < -0.3 is 52.4 Å². The van der Waals surface area contributed by atoms with E-state index in [9.17, 15) is 45.5 Å². The second-order valence-corrected chi connectivity index (χ2v) is 16.3. The molecule has 0 aromatic heterocycles. The summed E-state index contributed by atoms with van der Waals surface area (Å²) < 4.78 is 75.6. The molecule has 0 radical (unpaired) electrons. The Morgan fingerprint density at radius 2 is 1.04 bits per heavy atom. The van der Waals surface area contributed by atoms with Crippen LogP contribution < -0.4 is 42.2 Å². The first-order chi connectivity index (χ1) is 34.1. The van der Waals surface area contributed by atoms with E-state index in [1.54, 1.807) is 12.1 Å². The van der Waals surface area contributed by atoms with Crippen molar-refractivity contribution in [3.63, 3.8) is 0 Å². The molecule has 0 saturated heterocycles. The van der Waals surface area contributed by atoms with E-state index in [1.807, 2.05) is 36.4 Å². The predicted octanol–water partition coefficient (Wildman–Crippen LogP) is 7.46. The Morgan fingerprint density at radius 1 is 0.611 bits per heavy atom. The quantitative estimate of drug-likeness (QED) is 0.0197. The van der Waals surface area contributed by atoms with Crippen LogP contribution in [0.5, 0.6) is 11.5 Å². The third-order valence-electron chi connectivity index (χ3n) is 10.2. The summed E-state index contributed by atoms with van der Waals surface area (Å²) >= 11 is 0. The molecule has 10 N–H and O–H groups in total. The van der Waals surface area contributed by atoms with Gasteiger partial charge in [0.05, 0.1) is 0 Å². The molecule has 2 rings (SSSR count). The standard InChI is InChI=1S/C46H72N6O6.2C2HF3O2/c1-5-9-11-17-29-49-45(55)39(21-13-15-27-47)51-43(53)33-57-41-26-24-36(32-37(41)20-8-4)38-31-35(19-7-3)23-25-42(38)58-34-44(54)52-40(22-14-16-28-48)46(56)50-30-18-12-10-6-2;2*3-2(4,5)1(6)7/h7-8,23-26,31-32,39-40H,3-6,9-22,27-30,33-34,47-48H2,1-2H3,(H,49,55)(H,50,56)(H,51,53)(H,52,54);2*(H,6,7). The lowest BCUT2D eigenvalue weighted by Crippen LogP contribution is -2.48. The monoisotopic (exact) mass is 1030 g/mol. The second kappa shape index (κ2) is 37.6. The first-order valence-electron chi connectivity index (χ1n) is 24.0. The molecular weight excluding hydrogens is 959 g/mol. The number of carbonyl (C=O) groups excluding carboxylic acids is 4. The summed E-state index contributed by atoms with van der Waals surface area (Å²) in [7, 11) is 0. The Kier molecular flexibility index (Phi) is 34.4. The van der Waals surface area contributed by atoms with E-state index in [0.29, 0.717) is 76.2 Å². The number of alkyl halides is 6. The van der Waals surface area contributed by atoms with Gasteiger partial charge in [0, 0.05) is 18.7 Å². The smallest absolute Gasteiger partial charge is 0.483 e. The second-order valence-electron chi connectivity index (χ2n) is 16.3. The summed E-state index contributed by atoms with van der Waals surface area (Å²) in [5.74, 6) is -5.72. The number of aliphatic carboxylic acids is 2. The van der Waals surface area contributed by atoms with Crippen LogP contribution in [0.4, 0.5) is 26.3 Å². The van der Waals surface area contributed by atoms with Gasteiger partial charge in [-0.1, -0.05) is 76.7 Å². The number of hydrogen-bond acceptors (Lipinski definition) is 10. The summed E-state index contributed by atoms with van der Waals surface area (Å²) in [5.41, 5.74) is 14.7. The average molecular weight is 1030 g/mol. The fraction of sp³-hybridized carbons (Fsp3) is 0.560. The fourth-order valence-electron chi connectivity index (χ4n) is 6.48. The van der Waals surface area contributed by atoms with Crippen molar-refractivity contribution in [3.05, 3.63) is 72.8 Å². The van der Waals surface area contributed by atoms with Crippen molar-refractivity contribution in [2.45, 2.75) is 141 Å².